The van der Waals surface area contributed by atoms with Crippen molar-refractivity contribution in [3.05, 3.63) is 12.7 Å². The highest BCUT2D eigenvalue weighted by Gasteiger charge is 2.27. The topological polar surface area (TPSA) is 87.3 Å². The molecule has 1 aliphatic rings. The number of fused-ring (bicyclic) bond motifs is 1. The summed E-state index contributed by atoms with van der Waals surface area (Å²) in [5, 5.41) is 19.4. The highest BCUT2D eigenvalue weighted by atomic mass is 16.3. The Morgan fingerprint density at radius 2 is 2.04 bits per heavy atom. The number of rotatable bonds is 4. The second kappa shape index (κ2) is 6.41. The van der Waals surface area contributed by atoms with Gasteiger partial charge in [-0.2, -0.15) is 0 Å². The van der Waals surface area contributed by atoms with Crippen molar-refractivity contribution in [2.45, 2.75) is 51.8 Å². The van der Waals surface area contributed by atoms with Gasteiger partial charge in [0.05, 0.1) is 25.1 Å². The summed E-state index contributed by atoms with van der Waals surface area (Å²) >= 11 is 0. The highest BCUT2D eigenvalue weighted by molar-refractivity contribution is 5.83. The van der Waals surface area contributed by atoms with Gasteiger partial charge in [-0.25, -0.2) is 15.0 Å². The molecule has 2 N–H and O–H groups in total. The Labute approximate surface area is 136 Å². The predicted molar refractivity (Wildman–Crippen MR) is 88.3 cm³/mol. The Morgan fingerprint density at radius 3 is 2.74 bits per heavy atom. The maximum atomic E-state index is 9.88. The largest absolute Gasteiger partial charge is 0.394 e. The summed E-state index contributed by atoms with van der Waals surface area (Å²) < 4.78 is 1.74. The minimum atomic E-state index is -0.690. The van der Waals surface area contributed by atoms with Crippen LogP contribution in [-0.2, 0) is 0 Å². The van der Waals surface area contributed by atoms with Gasteiger partial charge in [-0.15, -0.1) is 0 Å². The lowest BCUT2D eigenvalue weighted by atomic mass is 9.95. The Bertz CT molecular complexity index is 672. The van der Waals surface area contributed by atoms with Gasteiger partial charge in [0, 0.05) is 12.6 Å². The molecule has 0 saturated carbocycles. The van der Waals surface area contributed by atoms with Crippen molar-refractivity contribution in [3.8, 4) is 0 Å². The van der Waals surface area contributed by atoms with E-state index in [1.54, 1.807) is 17.8 Å². The van der Waals surface area contributed by atoms with Crippen LogP contribution in [0.4, 0.5) is 5.82 Å². The molecule has 0 aliphatic carbocycles. The Balaban J connectivity index is 2.05. The van der Waals surface area contributed by atoms with E-state index in [1.807, 2.05) is 0 Å². The number of imidazole rings is 1. The molecule has 3 rings (SSSR count). The molecular formula is C16H25N5O2. The first kappa shape index (κ1) is 16.1. The quantitative estimate of drug-likeness (QED) is 0.885. The molecule has 1 saturated heterocycles. The van der Waals surface area contributed by atoms with Gasteiger partial charge in [0.25, 0.3) is 0 Å². The van der Waals surface area contributed by atoms with Gasteiger partial charge in [0.2, 0.25) is 0 Å². The third-order valence-corrected chi connectivity index (χ3v) is 4.83. The van der Waals surface area contributed by atoms with Gasteiger partial charge in [-0.1, -0.05) is 6.92 Å². The third kappa shape index (κ3) is 2.90. The van der Waals surface area contributed by atoms with Crippen LogP contribution in [0.1, 0.15) is 39.7 Å². The normalized spacial score (nSPS) is 24.8. The van der Waals surface area contributed by atoms with Crippen LogP contribution in [0.15, 0.2) is 12.7 Å². The number of hydrogen-bond acceptors (Lipinski definition) is 6. The molecule has 0 amide bonds. The number of aromatic nitrogens is 4. The van der Waals surface area contributed by atoms with Crippen molar-refractivity contribution in [1.82, 2.24) is 19.5 Å². The molecule has 23 heavy (non-hydrogen) atoms. The van der Waals surface area contributed by atoms with Gasteiger partial charge >= 0.3 is 0 Å². The second-order valence-corrected chi connectivity index (χ2v) is 6.70. The van der Waals surface area contributed by atoms with Crippen LogP contribution in [0, 0.1) is 5.92 Å². The number of anilines is 1. The molecule has 0 bridgehead atoms. The fourth-order valence-electron chi connectivity index (χ4n) is 3.35. The molecule has 2 aromatic rings. The van der Waals surface area contributed by atoms with Gasteiger partial charge in [0.15, 0.2) is 17.0 Å². The van der Waals surface area contributed by atoms with E-state index in [4.69, 9.17) is 0 Å². The summed E-state index contributed by atoms with van der Waals surface area (Å²) in [5.74, 6) is 1.47. The van der Waals surface area contributed by atoms with E-state index >= 15 is 0 Å². The SMILES string of the molecule is C[C@H]1CC[C@H](C)N(c2ncnc3c2ncn3[C@@H](CO)[C@@H](C)O)C1. The molecule has 126 valence electrons. The monoisotopic (exact) mass is 319 g/mol. The molecular weight excluding hydrogens is 294 g/mol. The molecule has 2 aromatic heterocycles. The maximum Gasteiger partial charge on any atom is 0.165 e. The Kier molecular flexibility index (Phi) is 4.50. The number of aliphatic hydroxyl groups excluding tert-OH is 2. The van der Waals surface area contributed by atoms with Crippen LogP contribution in [0.3, 0.4) is 0 Å². The highest BCUT2D eigenvalue weighted by Crippen LogP contribution is 2.30. The molecule has 7 nitrogen and oxygen atoms in total. The first-order chi connectivity index (χ1) is 11.0. The van der Waals surface area contributed by atoms with Crippen molar-refractivity contribution >= 4 is 17.0 Å². The number of aliphatic hydroxyl groups is 2. The standard InChI is InChI=1S/C16H25N5O2/c1-10-4-5-11(2)20(6-10)15-14-16(18-8-17-15)21(9-19-14)13(7-22)12(3)23/h8-13,22-23H,4-7H2,1-3H3/t10-,11-,12+,13-/m0/s1. The van der Waals surface area contributed by atoms with Crippen molar-refractivity contribution in [2.75, 3.05) is 18.1 Å². The van der Waals surface area contributed by atoms with Crippen LogP contribution in [0.25, 0.3) is 11.2 Å². The Hall–Kier alpha value is -1.73. The molecule has 4 atom stereocenters. The second-order valence-electron chi connectivity index (χ2n) is 6.70. The van der Waals surface area contributed by atoms with Crippen LogP contribution in [-0.4, -0.2) is 55.0 Å². The molecule has 7 heteroatoms. The lowest BCUT2D eigenvalue weighted by Crippen LogP contribution is -2.41. The molecule has 0 unspecified atom stereocenters. The summed E-state index contributed by atoms with van der Waals surface area (Å²) in [4.78, 5) is 15.6. The maximum absolute atomic E-state index is 9.88. The number of piperidine rings is 1. The van der Waals surface area contributed by atoms with Crippen LogP contribution in [0.5, 0.6) is 0 Å². The van der Waals surface area contributed by atoms with Crippen molar-refractivity contribution in [1.29, 1.82) is 0 Å². The minimum absolute atomic E-state index is 0.167. The van der Waals surface area contributed by atoms with E-state index in [2.05, 4.69) is 33.7 Å². The van der Waals surface area contributed by atoms with Crippen molar-refractivity contribution in [3.63, 3.8) is 0 Å². The fraction of sp³-hybridized carbons (Fsp3) is 0.688. The molecule has 3 heterocycles. The van der Waals surface area contributed by atoms with Crippen LogP contribution < -0.4 is 4.90 Å². The van der Waals surface area contributed by atoms with E-state index in [0.717, 1.165) is 24.3 Å². The summed E-state index contributed by atoms with van der Waals surface area (Å²) in [5.41, 5.74) is 1.38. The van der Waals surface area contributed by atoms with Gasteiger partial charge in [-0.05, 0) is 32.6 Å². The number of nitrogens with zero attached hydrogens (tertiary/aromatic N) is 5. The smallest absolute Gasteiger partial charge is 0.165 e. The summed E-state index contributed by atoms with van der Waals surface area (Å²) in [6.07, 6.45) is 4.85. The molecule has 1 aliphatic heterocycles. The zero-order chi connectivity index (χ0) is 16.6. The summed E-state index contributed by atoms with van der Waals surface area (Å²) in [6.45, 7) is 6.91. The predicted octanol–water partition coefficient (Wildman–Crippen LogP) is 1.37. The van der Waals surface area contributed by atoms with Gasteiger partial charge in [-0.3, -0.25) is 0 Å². The molecule has 0 spiro atoms. The molecule has 0 aromatic carbocycles. The van der Waals surface area contributed by atoms with E-state index in [-0.39, 0.29) is 6.61 Å². The molecule has 0 radical (unpaired) electrons. The summed E-state index contributed by atoms with van der Waals surface area (Å²) in [7, 11) is 0. The van der Waals surface area contributed by atoms with Gasteiger partial charge < -0.3 is 19.7 Å². The van der Waals surface area contributed by atoms with E-state index in [9.17, 15) is 10.2 Å². The Morgan fingerprint density at radius 1 is 1.26 bits per heavy atom. The van der Waals surface area contributed by atoms with Crippen molar-refractivity contribution < 1.29 is 10.2 Å². The average molecular weight is 319 g/mol. The lowest BCUT2D eigenvalue weighted by Gasteiger charge is -2.37. The third-order valence-electron chi connectivity index (χ3n) is 4.83. The zero-order valence-corrected chi connectivity index (χ0v) is 13.9. The van der Waals surface area contributed by atoms with Crippen LogP contribution >= 0.6 is 0 Å². The van der Waals surface area contributed by atoms with E-state index < -0.39 is 12.1 Å². The average Bonchev–Trinajstić information content (AvgIpc) is 2.94. The minimum Gasteiger partial charge on any atom is -0.394 e. The lowest BCUT2D eigenvalue weighted by molar-refractivity contribution is 0.0885. The summed E-state index contributed by atoms with van der Waals surface area (Å²) in [6, 6.07) is -0.0414. The fourth-order valence-corrected chi connectivity index (χ4v) is 3.35. The number of hydrogen-bond donors (Lipinski definition) is 2. The first-order valence-electron chi connectivity index (χ1n) is 8.26. The van der Waals surface area contributed by atoms with Gasteiger partial charge in [0.1, 0.15) is 6.33 Å². The van der Waals surface area contributed by atoms with E-state index in [1.165, 1.54) is 12.7 Å². The van der Waals surface area contributed by atoms with Crippen molar-refractivity contribution in [2.24, 2.45) is 5.92 Å². The first-order valence-corrected chi connectivity index (χ1v) is 8.26. The van der Waals surface area contributed by atoms with Crippen LogP contribution in [0.2, 0.25) is 0 Å². The van der Waals surface area contributed by atoms with E-state index in [0.29, 0.717) is 17.6 Å². The zero-order valence-electron chi connectivity index (χ0n) is 13.9. The molecule has 1 fully saturated rings.